The van der Waals surface area contributed by atoms with Crippen LogP contribution in [0.4, 0.5) is 0 Å². The van der Waals surface area contributed by atoms with E-state index in [1.807, 2.05) is 10.9 Å². The van der Waals surface area contributed by atoms with Crippen LogP contribution in [0.1, 0.15) is 45.3 Å². The fourth-order valence-corrected chi connectivity index (χ4v) is 1.83. The molecular formula is C13H25N3O. The van der Waals surface area contributed by atoms with Gasteiger partial charge in [-0.1, -0.05) is 13.8 Å². The molecule has 0 aliphatic rings. The smallest absolute Gasteiger partial charge is 0.0646 e. The van der Waals surface area contributed by atoms with E-state index in [1.165, 1.54) is 0 Å². The van der Waals surface area contributed by atoms with Crippen molar-refractivity contribution in [3.63, 3.8) is 0 Å². The van der Waals surface area contributed by atoms with E-state index in [9.17, 15) is 0 Å². The number of hydrogen-bond acceptors (Lipinski definition) is 3. The molecule has 0 spiro atoms. The molecule has 1 rings (SSSR count). The average molecular weight is 239 g/mol. The molecule has 0 aliphatic heterocycles. The predicted molar refractivity (Wildman–Crippen MR) is 70.0 cm³/mol. The minimum absolute atomic E-state index is 0.302. The van der Waals surface area contributed by atoms with E-state index in [1.54, 1.807) is 7.11 Å². The summed E-state index contributed by atoms with van der Waals surface area (Å²) in [6.45, 7) is 6.99. The highest BCUT2D eigenvalue weighted by molar-refractivity contribution is 5.06. The maximum Gasteiger partial charge on any atom is 0.0646 e. The molecule has 1 aromatic rings. The van der Waals surface area contributed by atoms with Crippen LogP contribution in [0, 0.1) is 0 Å². The molecule has 2 unspecified atom stereocenters. The Hall–Kier alpha value is -0.870. The third-order valence-corrected chi connectivity index (χ3v) is 3.38. The standard InChI is InChI=1S/C13H25N3O/c1-5-11(3)16-8-7-12(15-16)9-13(14,6-2)10-17-4/h7-8,11H,5-6,9-10,14H2,1-4H3. The van der Waals surface area contributed by atoms with Crippen LogP contribution < -0.4 is 5.73 Å². The molecule has 1 aromatic heterocycles. The lowest BCUT2D eigenvalue weighted by Gasteiger charge is -2.26. The third-order valence-electron chi connectivity index (χ3n) is 3.38. The predicted octanol–water partition coefficient (Wildman–Crippen LogP) is 2.15. The van der Waals surface area contributed by atoms with Crippen LogP contribution in [-0.4, -0.2) is 29.0 Å². The second-order valence-electron chi connectivity index (χ2n) is 4.87. The molecule has 17 heavy (non-hydrogen) atoms. The molecule has 98 valence electrons. The third kappa shape index (κ3) is 3.82. The van der Waals surface area contributed by atoms with Crippen LogP contribution in [0.5, 0.6) is 0 Å². The molecule has 2 N–H and O–H groups in total. The fraction of sp³-hybridized carbons (Fsp3) is 0.769. The number of nitrogens with two attached hydrogens (primary N) is 1. The van der Waals surface area contributed by atoms with E-state index in [0.717, 1.165) is 25.0 Å². The van der Waals surface area contributed by atoms with Crippen LogP contribution in [0.15, 0.2) is 12.3 Å². The minimum Gasteiger partial charge on any atom is -0.383 e. The van der Waals surface area contributed by atoms with Crippen molar-refractivity contribution in [2.75, 3.05) is 13.7 Å². The van der Waals surface area contributed by atoms with Crippen molar-refractivity contribution < 1.29 is 4.74 Å². The zero-order valence-electron chi connectivity index (χ0n) is 11.4. The van der Waals surface area contributed by atoms with Gasteiger partial charge < -0.3 is 10.5 Å². The van der Waals surface area contributed by atoms with Crippen LogP contribution in [0.3, 0.4) is 0 Å². The number of hydrogen-bond donors (Lipinski definition) is 1. The van der Waals surface area contributed by atoms with Crippen molar-refractivity contribution in [2.24, 2.45) is 5.73 Å². The van der Waals surface area contributed by atoms with Crippen molar-refractivity contribution in [3.8, 4) is 0 Å². The van der Waals surface area contributed by atoms with Crippen LogP contribution in [0.2, 0.25) is 0 Å². The maximum atomic E-state index is 6.28. The Morgan fingerprint density at radius 3 is 2.76 bits per heavy atom. The molecule has 0 aliphatic carbocycles. The van der Waals surface area contributed by atoms with Crippen molar-refractivity contribution >= 4 is 0 Å². The molecule has 0 aromatic carbocycles. The van der Waals surface area contributed by atoms with Gasteiger partial charge in [0.25, 0.3) is 0 Å². The summed E-state index contributed by atoms with van der Waals surface area (Å²) >= 11 is 0. The van der Waals surface area contributed by atoms with Gasteiger partial charge in [0.05, 0.1) is 12.3 Å². The zero-order valence-corrected chi connectivity index (χ0v) is 11.4. The lowest BCUT2D eigenvalue weighted by molar-refractivity contribution is 0.128. The van der Waals surface area contributed by atoms with Gasteiger partial charge in [0.2, 0.25) is 0 Å². The van der Waals surface area contributed by atoms with Gasteiger partial charge in [-0.05, 0) is 25.8 Å². The summed E-state index contributed by atoms with van der Waals surface area (Å²) in [5.74, 6) is 0. The van der Waals surface area contributed by atoms with E-state index in [-0.39, 0.29) is 5.54 Å². The molecular weight excluding hydrogens is 214 g/mol. The van der Waals surface area contributed by atoms with Gasteiger partial charge in [-0.2, -0.15) is 5.10 Å². The van der Waals surface area contributed by atoms with Crippen molar-refractivity contribution in [1.29, 1.82) is 0 Å². The minimum atomic E-state index is -0.302. The first-order chi connectivity index (χ1) is 8.04. The Labute approximate surface area is 104 Å². The van der Waals surface area contributed by atoms with E-state index in [4.69, 9.17) is 10.5 Å². The molecule has 0 amide bonds. The van der Waals surface area contributed by atoms with Gasteiger partial charge in [0.1, 0.15) is 0 Å². The normalized spacial score (nSPS) is 16.8. The van der Waals surface area contributed by atoms with Gasteiger partial charge in [-0.15, -0.1) is 0 Å². The first kappa shape index (κ1) is 14.2. The largest absolute Gasteiger partial charge is 0.383 e. The SMILES string of the molecule is CCC(C)n1ccc(CC(N)(CC)COC)n1. The first-order valence-corrected chi connectivity index (χ1v) is 6.36. The average Bonchev–Trinajstić information content (AvgIpc) is 2.76. The summed E-state index contributed by atoms with van der Waals surface area (Å²) in [7, 11) is 1.69. The van der Waals surface area contributed by atoms with E-state index >= 15 is 0 Å². The maximum absolute atomic E-state index is 6.28. The topological polar surface area (TPSA) is 53.1 Å². The van der Waals surface area contributed by atoms with E-state index in [2.05, 4.69) is 31.9 Å². The summed E-state index contributed by atoms with van der Waals surface area (Å²) in [6, 6.07) is 2.50. The van der Waals surface area contributed by atoms with E-state index < -0.39 is 0 Å². The van der Waals surface area contributed by atoms with Gasteiger partial charge in [-0.25, -0.2) is 0 Å². The van der Waals surface area contributed by atoms with Crippen LogP contribution in [0.25, 0.3) is 0 Å². The summed E-state index contributed by atoms with van der Waals surface area (Å²) < 4.78 is 7.20. The summed E-state index contributed by atoms with van der Waals surface area (Å²) in [5, 5.41) is 4.58. The highest BCUT2D eigenvalue weighted by Crippen LogP contribution is 2.16. The monoisotopic (exact) mass is 239 g/mol. The molecule has 4 heteroatoms. The highest BCUT2D eigenvalue weighted by Gasteiger charge is 2.24. The molecule has 4 nitrogen and oxygen atoms in total. The Morgan fingerprint density at radius 1 is 1.53 bits per heavy atom. The summed E-state index contributed by atoms with van der Waals surface area (Å²) in [5.41, 5.74) is 7.03. The van der Waals surface area contributed by atoms with E-state index in [0.29, 0.717) is 12.6 Å². The number of aromatic nitrogens is 2. The number of ether oxygens (including phenoxy) is 1. The Balaban J connectivity index is 2.70. The van der Waals surface area contributed by atoms with Gasteiger partial charge in [0.15, 0.2) is 0 Å². The summed E-state index contributed by atoms with van der Waals surface area (Å²) in [4.78, 5) is 0. The lowest BCUT2D eigenvalue weighted by Crippen LogP contribution is -2.45. The number of nitrogens with zero attached hydrogens (tertiary/aromatic N) is 2. The van der Waals surface area contributed by atoms with Crippen molar-refractivity contribution in [3.05, 3.63) is 18.0 Å². The van der Waals surface area contributed by atoms with Gasteiger partial charge in [0, 0.05) is 31.3 Å². The second kappa shape index (κ2) is 6.17. The van der Waals surface area contributed by atoms with Crippen LogP contribution in [-0.2, 0) is 11.2 Å². The van der Waals surface area contributed by atoms with Gasteiger partial charge >= 0.3 is 0 Å². The van der Waals surface area contributed by atoms with Crippen molar-refractivity contribution in [1.82, 2.24) is 9.78 Å². The Kier molecular flexibility index (Phi) is 5.15. The fourth-order valence-electron chi connectivity index (χ4n) is 1.83. The second-order valence-corrected chi connectivity index (χ2v) is 4.87. The van der Waals surface area contributed by atoms with Crippen LogP contribution >= 0.6 is 0 Å². The summed E-state index contributed by atoms with van der Waals surface area (Å²) in [6.07, 6.45) is 4.77. The molecule has 0 radical (unpaired) electrons. The first-order valence-electron chi connectivity index (χ1n) is 6.36. The Morgan fingerprint density at radius 2 is 2.24 bits per heavy atom. The number of rotatable bonds is 7. The van der Waals surface area contributed by atoms with Crippen molar-refractivity contribution in [2.45, 2.75) is 51.6 Å². The highest BCUT2D eigenvalue weighted by atomic mass is 16.5. The number of methoxy groups -OCH3 is 1. The Bertz CT molecular complexity index is 337. The quantitative estimate of drug-likeness (QED) is 0.793. The molecule has 2 atom stereocenters. The zero-order chi connectivity index (χ0) is 12.9. The molecule has 0 bridgehead atoms. The molecule has 0 saturated heterocycles. The molecule has 1 heterocycles. The molecule has 0 saturated carbocycles. The van der Waals surface area contributed by atoms with Gasteiger partial charge in [-0.3, -0.25) is 4.68 Å². The lowest BCUT2D eigenvalue weighted by atomic mass is 9.93. The molecule has 0 fully saturated rings.